The molecule has 0 N–H and O–H groups in total. The molecule has 0 saturated carbocycles. The van der Waals surface area contributed by atoms with Gasteiger partial charge < -0.3 is 9.47 Å². The van der Waals surface area contributed by atoms with Gasteiger partial charge in [-0.25, -0.2) is 17.6 Å². The summed E-state index contributed by atoms with van der Waals surface area (Å²) >= 11 is 0. The molecular formula is C14H8F6O2. The molecule has 0 heterocycles. The van der Waals surface area contributed by atoms with Crippen LogP contribution in [-0.4, -0.2) is 14.2 Å². The predicted molar refractivity (Wildman–Crippen MR) is 64.7 cm³/mol. The van der Waals surface area contributed by atoms with Gasteiger partial charge in [0.2, 0.25) is 11.6 Å². The molecular weight excluding hydrogens is 314 g/mol. The maximum atomic E-state index is 13.7. The van der Waals surface area contributed by atoms with Crippen molar-refractivity contribution in [3.63, 3.8) is 0 Å². The third-order valence-electron chi connectivity index (χ3n) is 2.93. The maximum absolute atomic E-state index is 13.7. The smallest absolute Gasteiger partial charge is 0.204 e. The van der Waals surface area contributed by atoms with Gasteiger partial charge >= 0.3 is 0 Å². The molecule has 0 aliphatic heterocycles. The van der Waals surface area contributed by atoms with E-state index in [1.807, 2.05) is 0 Å². The molecule has 2 aromatic rings. The van der Waals surface area contributed by atoms with Gasteiger partial charge in [-0.05, 0) is 12.1 Å². The molecule has 118 valence electrons. The molecule has 8 heteroatoms. The van der Waals surface area contributed by atoms with Crippen molar-refractivity contribution < 1.29 is 35.8 Å². The predicted octanol–water partition coefficient (Wildman–Crippen LogP) is 4.21. The van der Waals surface area contributed by atoms with Crippen LogP contribution in [0.4, 0.5) is 26.3 Å². The van der Waals surface area contributed by atoms with Gasteiger partial charge in [-0.3, -0.25) is 0 Å². The van der Waals surface area contributed by atoms with Crippen LogP contribution in [0.15, 0.2) is 12.1 Å². The lowest BCUT2D eigenvalue weighted by atomic mass is 10.0. The second-order valence-electron chi connectivity index (χ2n) is 4.13. The summed E-state index contributed by atoms with van der Waals surface area (Å²) < 4.78 is 89.8. The number of ether oxygens (including phenoxy) is 2. The van der Waals surface area contributed by atoms with Crippen molar-refractivity contribution in [2.45, 2.75) is 0 Å². The van der Waals surface area contributed by atoms with Crippen LogP contribution in [0.3, 0.4) is 0 Å². The van der Waals surface area contributed by atoms with Crippen LogP contribution in [0.1, 0.15) is 0 Å². The normalized spacial score (nSPS) is 10.7. The lowest BCUT2D eigenvalue weighted by Gasteiger charge is -2.15. The fourth-order valence-electron chi connectivity index (χ4n) is 1.96. The van der Waals surface area contributed by atoms with Gasteiger partial charge in [-0.15, -0.1) is 0 Å². The monoisotopic (exact) mass is 322 g/mol. The van der Waals surface area contributed by atoms with Crippen LogP contribution in [0, 0.1) is 34.9 Å². The highest BCUT2D eigenvalue weighted by Crippen LogP contribution is 2.41. The van der Waals surface area contributed by atoms with E-state index in [1.165, 1.54) is 0 Å². The Labute approximate surface area is 120 Å². The summed E-state index contributed by atoms with van der Waals surface area (Å²) in [7, 11) is 1.89. The summed E-state index contributed by atoms with van der Waals surface area (Å²) in [6.45, 7) is 0. The first-order chi connectivity index (χ1) is 10.3. The van der Waals surface area contributed by atoms with Crippen LogP contribution < -0.4 is 9.47 Å². The summed E-state index contributed by atoms with van der Waals surface area (Å²) in [6.07, 6.45) is 0. The molecule has 22 heavy (non-hydrogen) atoms. The maximum Gasteiger partial charge on any atom is 0.204 e. The topological polar surface area (TPSA) is 18.5 Å². The molecule has 0 aliphatic rings. The van der Waals surface area contributed by atoms with Gasteiger partial charge in [0, 0.05) is 11.1 Å². The van der Waals surface area contributed by atoms with Crippen molar-refractivity contribution in [3.05, 3.63) is 47.0 Å². The van der Waals surface area contributed by atoms with Crippen LogP contribution in [-0.2, 0) is 0 Å². The van der Waals surface area contributed by atoms with Crippen molar-refractivity contribution in [1.82, 2.24) is 0 Å². The number of methoxy groups -OCH3 is 2. The number of hydrogen-bond acceptors (Lipinski definition) is 2. The molecule has 0 aromatic heterocycles. The fourth-order valence-corrected chi connectivity index (χ4v) is 1.96. The van der Waals surface area contributed by atoms with Gasteiger partial charge in [0.05, 0.1) is 14.2 Å². The van der Waals surface area contributed by atoms with Crippen molar-refractivity contribution in [2.75, 3.05) is 14.2 Å². The van der Waals surface area contributed by atoms with Gasteiger partial charge in [0.15, 0.2) is 34.8 Å². The number of hydrogen-bond donors (Lipinski definition) is 0. The second-order valence-corrected chi connectivity index (χ2v) is 4.13. The number of benzene rings is 2. The van der Waals surface area contributed by atoms with Crippen LogP contribution in [0.25, 0.3) is 11.1 Å². The highest BCUT2D eigenvalue weighted by molar-refractivity contribution is 5.76. The summed E-state index contributed by atoms with van der Waals surface area (Å²) in [5.74, 6) is -11.8. The zero-order valence-electron chi connectivity index (χ0n) is 11.2. The Morgan fingerprint density at radius 2 is 0.909 bits per heavy atom. The Balaban J connectivity index is 2.88. The van der Waals surface area contributed by atoms with E-state index in [1.54, 1.807) is 0 Å². The standard InChI is InChI=1S/C14H8F6O2/c1-21-13-5(3-7(15)9(17)11(13)19)6-4-8(16)10(18)12(20)14(6)22-2/h3-4H,1-2H3. The summed E-state index contributed by atoms with van der Waals surface area (Å²) in [5.41, 5.74) is -1.07. The van der Waals surface area contributed by atoms with Crippen molar-refractivity contribution in [3.8, 4) is 22.6 Å². The Hall–Kier alpha value is -2.38. The molecule has 0 radical (unpaired) electrons. The summed E-state index contributed by atoms with van der Waals surface area (Å²) in [5, 5.41) is 0. The average Bonchev–Trinajstić information content (AvgIpc) is 2.49. The third kappa shape index (κ3) is 2.34. The van der Waals surface area contributed by atoms with Crippen molar-refractivity contribution >= 4 is 0 Å². The summed E-state index contributed by atoms with van der Waals surface area (Å²) in [6, 6.07) is 0.928. The molecule has 0 atom stereocenters. The van der Waals surface area contributed by atoms with E-state index in [0.717, 1.165) is 14.2 Å². The highest BCUT2D eigenvalue weighted by Gasteiger charge is 2.26. The lowest BCUT2D eigenvalue weighted by molar-refractivity contribution is 0.356. The van der Waals surface area contributed by atoms with E-state index in [-0.39, 0.29) is 0 Å². The molecule has 2 rings (SSSR count). The van der Waals surface area contributed by atoms with Gasteiger partial charge in [-0.2, -0.15) is 8.78 Å². The Morgan fingerprint density at radius 1 is 0.591 bits per heavy atom. The zero-order chi connectivity index (χ0) is 16.6. The number of halogens is 6. The first kappa shape index (κ1) is 16.0. The first-order valence-electron chi connectivity index (χ1n) is 5.76. The minimum atomic E-state index is -1.82. The molecule has 2 nitrogen and oxygen atoms in total. The Bertz CT molecular complexity index is 682. The van der Waals surface area contributed by atoms with Gasteiger partial charge in [0.25, 0.3) is 0 Å². The van der Waals surface area contributed by atoms with Gasteiger partial charge in [-0.1, -0.05) is 0 Å². The van der Waals surface area contributed by atoms with Crippen molar-refractivity contribution in [1.29, 1.82) is 0 Å². The number of rotatable bonds is 3. The van der Waals surface area contributed by atoms with E-state index in [0.29, 0.717) is 12.1 Å². The zero-order valence-corrected chi connectivity index (χ0v) is 11.2. The van der Waals surface area contributed by atoms with E-state index in [9.17, 15) is 26.3 Å². The molecule has 0 saturated heterocycles. The Kier molecular flexibility index (Phi) is 4.20. The average molecular weight is 322 g/mol. The van der Waals surface area contributed by atoms with Crippen molar-refractivity contribution in [2.24, 2.45) is 0 Å². The second kappa shape index (κ2) is 5.78. The quantitative estimate of drug-likeness (QED) is 0.623. The minimum Gasteiger partial charge on any atom is -0.493 e. The van der Waals surface area contributed by atoms with Crippen LogP contribution >= 0.6 is 0 Å². The van der Waals surface area contributed by atoms with Crippen LogP contribution in [0.5, 0.6) is 11.5 Å². The fraction of sp³-hybridized carbons (Fsp3) is 0.143. The largest absolute Gasteiger partial charge is 0.493 e. The van der Waals surface area contributed by atoms with Gasteiger partial charge in [0.1, 0.15) is 0 Å². The Morgan fingerprint density at radius 3 is 1.18 bits per heavy atom. The van der Waals surface area contributed by atoms with E-state index < -0.39 is 57.5 Å². The lowest BCUT2D eigenvalue weighted by Crippen LogP contribution is -2.03. The minimum absolute atomic E-state index is 0.464. The highest BCUT2D eigenvalue weighted by atomic mass is 19.2. The SMILES string of the molecule is COc1c(-c2cc(F)c(F)c(F)c2OC)cc(F)c(F)c1F. The van der Waals surface area contributed by atoms with E-state index in [2.05, 4.69) is 9.47 Å². The molecule has 0 spiro atoms. The third-order valence-corrected chi connectivity index (χ3v) is 2.93. The van der Waals surface area contributed by atoms with E-state index in [4.69, 9.17) is 0 Å². The van der Waals surface area contributed by atoms with E-state index >= 15 is 0 Å². The molecule has 0 bridgehead atoms. The molecule has 0 unspecified atom stereocenters. The molecule has 0 aliphatic carbocycles. The summed E-state index contributed by atoms with van der Waals surface area (Å²) in [4.78, 5) is 0. The first-order valence-corrected chi connectivity index (χ1v) is 5.76. The van der Waals surface area contributed by atoms with Crippen LogP contribution in [0.2, 0.25) is 0 Å². The molecule has 0 amide bonds. The molecule has 0 fully saturated rings. The molecule has 2 aromatic carbocycles.